The molecule has 7 nitrogen and oxygen atoms in total. The molecule has 124 valence electrons. The Morgan fingerprint density at radius 2 is 1.67 bits per heavy atom. The molecule has 7 heteroatoms. The molecule has 0 bridgehead atoms. The fraction of sp³-hybridized carbons (Fsp3) is 0.235. The fourth-order valence-electron chi connectivity index (χ4n) is 2.44. The van der Waals surface area contributed by atoms with Gasteiger partial charge in [-0.15, -0.1) is 0 Å². The van der Waals surface area contributed by atoms with E-state index in [1.807, 2.05) is 11.0 Å². The highest BCUT2D eigenvalue weighted by Gasteiger charge is 2.20. The van der Waals surface area contributed by atoms with Crippen molar-refractivity contribution in [2.75, 3.05) is 31.2 Å². The van der Waals surface area contributed by atoms with E-state index in [1.54, 1.807) is 42.6 Å². The number of hydrogen-bond donors (Lipinski definition) is 2. The second-order valence-electron chi connectivity index (χ2n) is 5.25. The fourth-order valence-corrected chi connectivity index (χ4v) is 2.44. The van der Waals surface area contributed by atoms with Crippen LogP contribution in [0.5, 0.6) is 0 Å². The molecule has 2 aromatic rings. The van der Waals surface area contributed by atoms with Crippen molar-refractivity contribution in [2.24, 2.45) is 0 Å². The van der Waals surface area contributed by atoms with E-state index < -0.39 is 5.91 Å². The number of carbonyl (C=O) groups excluding carboxylic acids is 2. The number of anilines is 1. The maximum Gasteiger partial charge on any atom is 0.273 e. The molecular formula is C17H18N4O3. The van der Waals surface area contributed by atoms with Gasteiger partial charge in [0.2, 0.25) is 0 Å². The van der Waals surface area contributed by atoms with Gasteiger partial charge in [0.05, 0.1) is 18.8 Å². The van der Waals surface area contributed by atoms with Crippen LogP contribution in [0.1, 0.15) is 20.7 Å². The van der Waals surface area contributed by atoms with Crippen molar-refractivity contribution in [1.82, 2.24) is 15.8 Å². The molecule has 0 atom stereocenters. The molecule has 2 amide bonds. The number of hydrazine groups is 1. The van der Waals surface area contributed by atoms with Gasteiger partial charge in [0.25, 0.3) is 11.8 Å². The number of hydrogen-bond acceptors (Lipinski definition) is 5. The Bertz CT molecular complexity index is 715. The van der Waals surface area contributed by atoms with Crippen LogP contribution in [-0.4, -0.2) is 43.1 Å². The predicted octanol–water partition coefficient (Wildman–Crippen LogP) is 0.993. The van der Waals surface area contributed by atoms with E-state index in [0.717, 1.165) is 0 Å². The van der Waals surface area contributed by atoms with E-state index in [1.165, 1.54) is 0 Å². The van der Waals surface area contributed by atoms with E-state index >= 15 is 0 Å². The number of ether oxygens (including phenoxy) is 1. The molecule has 1 fully saturated rings. The molecule has 0 radical (unpaired) electrons. The molecule has 0 spiro atoms. The summed E-state index contributed by atoms with van der Waals surface area (Å²) in [7, 11) is 0. The zero-order chi connectivity index (χ0) is 16.8. The summed E-state index contributed by atoms with van der Waals surface area (Å²) in [5.41, 5.74) is 5.74. The highest BCUT2D eigenvalue weighted by Crippen LogP contribution is 2.18. The number of morpholine rings is 1. The number of aromatic nitrogens is 1. The first-order chi connectivity index (χ1) is 11.8. The molecule has 0 unspecified atom stereocenters. The van der Waals surface area contributed by atoms with Gasteiger partial charge in [-0.05, 0) is 24.3 Å². The summed E-state index contributed by atoms with van der Waals surface area (Å²) in [6.07, 6.45) is 1.64. The molecule has 1 aromatic carbocycles. The first-order valence-corrected chi connectivity index (χ1v) is 7.69. The summed E-state index contributed by atoms with van der Waals surface area (Å²) >= 11 is 0. The van der Waals surface area contributed by atoms with Crippen LogP contribution >= 0.6 is 0 Å². The lowest BCUT2D eigenvalue weighted by Gasteiger charge is -2.29. The molecule has 2 heterocycles. The largest absolute Gasteiger partial charge is 0.378 e. The molecule has 1 aliphatic heterocycles. The molecule has 1 aromatic heterocycles. The van der Waals surface area contributed by atoms with Crippen molar-refractivity contribution >= 4 is 17.6 Å². The summed E-state index contributed by atoms with van der Waals surface area (Å²) in [5.74, 6) is -0.193. The minimum Gasteiger partial charge on any atom is -0.378 e. The molecule has 0 aliphatic carbocycles. The molecular weight excluding hydrogens is 308 g/mol. The van der Waals surface area contributed by atoms with E-state index in [-0.39, 0.29) is 5.91 Å². The van der Waals surface area contributed by atoms with Crippen LogP contribution in [0.4, 0.5) is 5.82 Å². The Morgan fingerprint density at radius 1 is 0.958 bits per heavy atom. The molecule has 3 rings (SSSR count). The zero-order valence-corrected chi connectivity index (χ0v) is 13.1. The SMILES string of the molecule is O=C(NNC(=O)c1cccnc1N1CCOCC1)c1ccccc1. The van der Waals surface area contributed by atoms with E-state index in [9.17, 15) is 9.59 Å². The van der Waals surface area contributed by atoms with E-state index in [4.69, 9.17) is 4.74 Å². The average Bonchev–Trinajstić information content (AvgIpc) is 2.67. The Balaban J connectivity index is 1.68. The van der Waals surface area contributed by atoms with Crippen LogP contribution in [0, 0.1) is 0 Å². The van der Waals surface area contributed by atoms with Gasteiger partial charge < -0.3 is 9.64 Å². The third-order valence-corrected chi connectivity index (χ3v) is 3.67. The maximum absolute atomic E-state index is 12.4. The number of nitrogens with one attached hydrogen (secondary N) is 2. The van der Waals surface area contributed by atoms with Crippen LogP contribution in [0.25, 0.3) is 0 Å². The van der Waals surface area contributed by atoms with Gasteiger partial charge >= 0.3 is 0 Å². The second-order valence-corrected chi connectivity index (χ2v) is 5.25. The van der Waals surface area contributed by atoms with Crippen molar-refractivity contribution in [2.45, 2.75) is 0 Å². The minimum absolute atomic E-state index is 0.374. The van der Waals surface area contributed by atoms with E-state index in [2.05, 4.69) is 15.8 Å². The highest BCUT2D eigenvalue weighted by molar-refractivity contribution is 6.01. The third kappa shape index (κ3) is 3.69. The van der Waals surface area contributed by atoms with Crippen molar-refractivity contribution in [3.8, 4) is 0 Å². The Kier molecular flexibility index (Phi) is 5.02. The number of rotatable bonds is 3. The van der Waals surface area contributed by atoms with Gasteiger partial charge in [-0.25, -0.2) is 4.98 Å². The van der Waals surface area contributed by atoms with Crippen molar-refractivity contribution in [3.05, 3.63) is 59.8 Å². The quantitative estimate of drug-likeness (QED) is 0.822. The lowest BCUT2D eigenvalue weighted by atomic mass is 10.2. The zero-order valence-electron chi connectivity index (χ0n) is 13.1. The molecule has 0 saturated carbocycles. The second kappa shape index (κ2) is 7.56. The molecule has 1 saturated heterocycles. The molecule has 24 heavy (non-hydrogen) atoms. The van der Waals surface area contributed by atoms with E-state index in [0.29, 0.717) is 43.2 Å². The number of pyridine rings is 1. The van der Waals surface area contributed by atoms with Crippen LogP contribution < -0.4 is 15.8 Å². The van der Waals surface area contributed by atoms with Gasteiger partial charge in [-0.1, -0.05) is 18.2 Å². The summed E-state index contributed by atoms with van der Waals surface area (Å²) in [5, 5.41) is 0. The number of benzene rings is 1. The topological polar surface area (TPSA) is 83.6 Å². The van der Waals surface area contributed by atoms with Gasteiger partial charge in [-0.3, -0.25) is 20.4 Å². The predicted molar refractivity (Wildman–Crippen MR) is 88.6 cm³/mol. The van der Waals surface area contributed by atoms with Gasteiger partial charge in [0.1, 0.15) is 5.82 Å². The van der Waals surface area contributed by atoms with Crippen LogP contribution in [0.15, 0.2) is 48.7 Å². The average molecular weight is 326 g/mol. The number of nitrogens with zero attached hydrogens (tertiary/aromatic N) is 2. The summed E-state index contributed by atoms with van der Waals surface area (Å²) < 4.78 is 5.32. The number of carbonyl (C=O) groups is 2. The summed E-state index contributed by atoms with van der Waals surface area (Å²) in [4.78, 5) is 30.7. The van der Waals surface area contributed by atoms with Crippen LogP contribution in [0.2, 0.25) is 0 Å². The lowest BCUT2D eigenvalue weighted by molar-refractivity contribution is 0.0846. The van der Waals surface area contributed by atoms with Crippen molar-refractivity contribution in [3.63, 3.8) is 0 Å². The van der Waals surface area contributed by atoms with Crippen molar-refractivity contribution in [1.29, 1.82) is 0 Å². The Hall–Kier alpha value is -2.93. The first kappa shape index (κ1) is 15.9. The third-order valence-electron chi connectivity index (χ3n) is 3.67. The lowest BCUT2D eigenvalue weighted by Crippen LogP contribution is -2.43. The van der Waals surface area contributed by atoms with Gasteiger partial charge in [0.15, 0.2) is 0 Å². The van der Waals surface area contributed by atoms with Gasteiger partial charge in [0, 0.05) is 24.8 Å². The maximum atomic E-state index is 12.4. The summed E-state index contributed by atoms with van der Waals surface area (Å²) in [6, 6.07) is 12.1. The minimum atomic E-state index is -0.408. The summed E-state index contributed by atoms with van der Waals surface area (Å²) in [6.45, 7) is 2.55. The molecule has 1 aliphatic rings. The normalized spacial score (nSPS) is 14.1. The number of amides is 2. The smallest absolute Gasteiger partial charge is 0.273 e. The van der Waals surface area contributed by atoms with Crippen LogP contribution in [-0.2, 0) is 4.74 Å². The van der Waals surface area contributed by atoms with Crippen LogP contribution in [0.3, 0.4) is 0 Å². The monoisotopic (exact) mass is 326 g/mol. The Morgan fingerprint density at radius 3 is 2.42 bits per heavy atom. The Labute approximate surface area is 139 Å². The highest BCUT2D eigenvalue weighted by atomic mass is 16.5. The van der Waals surface area contributed by atoms with Gasteiger partial charge in [-0.2, -0.15) is 0 Å². The molecule has 2 N–H and O–H groups in total. The van der Waals surface area contributed by atoms with Crippen molar-refractivity contribution < 1.29 is 14.3 Å². The standard InChI is InChI=1S/C17H18N4O3/c22-16(13-5-2-1-3-6-13)19-20-17(23)14-7-4-8-18-15(14)21-9-11-24-12-10-21/h1-8H,9-12H2,(H,19,22)(H,20,23). The first-order valence-electron chi connectivity index (χ1n) is 7.69.